The minimum Gasteiger partial charge on any atom is -0.481 e. The van der Waals surface area contributed by atoms with E-state index in [1.807, 2.05) is 18.4 Å². The van der Waals surface area contributed by atoms with Crippen molar-refractivity contribution in [2.24, 2.45) is 0 Å². The fourth-order valence-electron chi connectivity index (χ4n) is 1.99. The number of thiophene rings is 1. The monoisotopic (exact) mass is 304 g/mol. The highest BCUT2D eigenvalue weighted by Gasteiger charge is 2.22. The second-order valence-electron chi connectivity index (χ2n) is 4.59. The van der Waals surface area contributed by atoms with Crippen molar-refractivity contribution in [1.82, 2.24) is 0 Å². The van der Waals surface area contributed by atoms with Crippen LogP contribution in [0.15, 0.2) is 35.7 Å². The van der Waals surface area contributed by atoms with E-state index in [-0.39, 0.29) is 18.9 Å². The van der Waals surface area contributed by atoms with Crippen LogP contribution in [0.4, 0.5) is 11.4 Å². The van der Waals surface area contributed by atoms with Gasteiger partial charge in [0, 0.05) is 6.54 Å². The van der Waals surface area contributed by atoms with Crippen LogP contribution in [0.3, 0.4) is 0 Å². The van der Waals surface area contributed by atoms with Gasteiger partial charge >= 0.3 is 5.97 Å². The van der Waals surface area contributed by atoms with Crippen LogP contribution in [-0.4, -0.2) is 23.5 Å². The number of nitrogens with zero attached hydrogens (tertiary/aromatic N) is 1. The first kappa shape index (κ1) is 15.1. The summed E-state index contributed by atoms with van der Waals surface area (Å²) in [6, 6.07) is 8.82. The molecule has 3 N–H and O–H groups in total. The summed E-state index contributed by atoms with van der Waals surface area (Å²) in [6.45, 7) is 1.94. The molecule has 1 aromatic heterocycles. The molecule has 1 amide bonds. The van der Waals surface area contributed by atoms with Gasteiger partial charge < -0.3 is 15.7 Å². The summed E-state index contributed by atoms with van der Waals surface area (Å²) in [5, 5.41) is 10.7. The number of amides is 1. The first-order chi connectivity index (χ1) is 10.0. The van der Waals surface area contributed by atoms with Gasteiger partial charge in [-0.15, -0.1) is 11.3 Å². The van der Waals surface area contributed by atoms with Gasteiger partial charge in [-0.3, -0.25) is 9.59 Å². The zero-order valence-electron chi connectivity index (χ0n) is 11.6. The minimum absolute atomic E-state index is 0.0831. The summed E-state index contributed by atoms with van der Waals surface area (Å²) in [4.78, 5) is 25.5. The first-order valence-corrected chi connectivity index (χ1v) is 7.31. The minimum atomic E-state index is -0.954. The second kappa shape index (κ2) is 6.41. The van der Waals surface area contributed by atoms with Crippen LogP contribution >= 0.6 is 11.3 Å². The number of benzene rings is 1. The van der Waals surface area contributed by atoms with Crippen molar-refractivity contribution in [3.8, 4) is 0 Å². The summed E-state index contributed by atoms with van der Waals surface area (Å²) in [5.74, 6) is -1.17. The average Bonchev–Trinajstić information content (AvgIpc) is 2.86. The molecule has 0 bridgehead atoms. The Morgan fingerprint density at radius 2 is 2.00 bits per heavy atom. The molecule has 0 unspecified atom stereocenters. The quantitative estimate of drug-likeness (QED) is 0.832. The molecule has 5 nitrogen and oxygen atoms in total. The molecule has 0 saturated carbocycles. The van der Waals surface area contributed by atoms with Crippen molar-refractivity contribution in [3.63, 3.8) is 0 Å². The highest BCUT2D eigenvalue weighted by molar-refractivity contribution is 7.12. The van der Waals surface area contributed by atoms with Crippen molar-refractivity contribution in [3.05, 3.63) is 46.2 Å². The molecular weight excluding hydrogens is 288 g/mol. The van der Waals surface area contributed by atoms with E-state index >= 15 is 0 Å². The fourth-order valence-corrected chi connectivity index (χ4v) is 2.86. The molecule has 0 radical (unpaired) electrons. The van der Waals surface area contributed by atoms with Gasteiger partial charge in [-0.25, -0.2) is 0 Å². The van der Waals surface area contributed by atoms with Crippen molar-refractivity contribution >= 4 is 34.6 Å². The highest BCUT2D eigenvalue weighted by atomic mass is 32.1. The van der Waals surface area contributed by atoms with Gasteiger partial charge in [-0.05, 0) is 36.1 Å². The van der Waals surface area contributed by atoms with Crippen molar-refractivity contribution < 1.29 is 14.7 Å². The lowest BCUT2D eigenvalue weighted by Gasteiger charge is -2.23. The number of anilines is 2. The highest BCUT2D eigenvalue weighted by Crippen LogP contribution is 2.27. The topological polar surface area (TPSA) is 83.6 Å². The van der Waals surface area contributed by atoms with E-state index in [0.29, 0.717) is 16.3 Å². The molecule has 0 aliphatic heterocycles. The molecule has 0 spiro atoms. The number of aliphatic carboxylic acids is 1. The number of hydrogen-bond donors (Lipinski definition) is 2. The molecule has 6 heteroatoms. The van der Waals surface area contributed by atoms with E-state index in [1.165, 1.54) is 16.2 Å². The maximum absolute atomic E-state index is 12.7. The lowest BCUT2D eigenvalue weighted by molar-refractivity contribution is -0.136. The molecule has 0 fully saturated rings. The largest absolute Gasteiger partial charge is 0.481 e. The smallest absolute Gasteiger partial charge is 0.305 e. The number of carboxylic acids is 1. The van der Waals surface area contributed by atoms with Crippen LogP contribution in [0, 0.1) is 6.92 Å². The Labute approximate surface area is 126 Å². The third-order valence-corrected chi connectivity index (χ3v) is 4.08. The van der Waals surface area contributed by atoms with Crippen LogP contribution in [0.1, 0.15) is 21.7 Å². The van der Waals surface area contributed by atoms with E-state index in [4.69, 9.17) is 10.8 Å². The van der Waals surface area contributed by atoms with Crippen LogP contribution in [0.25, 0.3) is 0 Å². The third kappa shape index (κ3) is 3.41. The number of hydrogen-bond acceptors (Lipinski definition) is 4. The van der Waals surface area contributed by atoms with Crippen molar-refractivity contribution in [2.45, 2.75) is 13.3 Å². The number of rotatable bonds is 5. The van der Waals surface area contributed by atoms with Gasteiger partial charge in [0.25, 0.3) is 5.91 Å². The summed E-state index contributed by atoms with van der Waals surface area (Å²) < 4.78 is 0. The predicted octanol–water partition coefficient (Wildman–Crippen LogP) is 2.76. The third-order valence-electron chi connectivity index (χ3n) is 3.08. The second-order valence-corrected chi connectivity index (χ2v) is 5.51. The fraction of sp³-hybridized carbons (Fsp3) is 0.200. The van der Waals surface area contributed by atoms with Gasteiger partial charge in [0.05, 0.1) is 22.7 Å². The molecule has 110 valence electrons. The summed E-state index contributed by atoms with van der Waals surface area (Å²) >= 11 is 1.34. The molecular formula is C15H16N2O3S. The van der Waals surface area contributed by atoms with E-state index in [9.17, 15) is 9.59 Å². The predicted molar refractivity (Wildman–Crippen MR) is 83.8 cm³/mol. The number of carbonyl (C=O) groups is 2. The number of nitrogens with two attached hydrogens (primary N) is 1. The van der Waals surface area contributed by atoms with Crippen LogP contribution in [0.2, 0.25) is 0 Å². The van der Waals surface area contributed by atoms with Gasteiger partial charge in [0.2, 0.25) is 0 Å². The molecule has 2 rings (SSSR count). The molecule has 21 heavy (non-hydrogen) atoms. The van der Waals surface area contributed by atoms with Crippen molar-refractivity contribution in [2.75, 3.05) is 17.2 Å². The maximum atomic E-state index is 12.7. The van der Waals surface area contributed by atoms with Gasteiger partial charge in [0.15, 0.2) is 0 Å². The molecule has 1 aromatic carbocycles. The number of para-hydroxylation sites is 2. The van der Waals surface area contributed by atoms with E-state index in [1.54, 1.807) is 24.3 Å². The Kier molecular flexibility index (Phi) is 4.59. The van der Waals surface area contributed by atoms with Gasteiger partial charge in [-0.2, -0.15) is 0 Å². The lowest BCUT2D eigenvalue weighted by Crippen LogP contribution is -2.33. The van der Waals surface area contributed by atoms with Gasteiger partial charge in [0.1, 0.15) is 0 Å². The molecule has 0 aliphatic carbocycles. The van der Waals surface area contributed by atoms with E-state index in [0.717, 1.165) is 5.56 Å². The maximum Gasteiger partial charge on any atom is 0.305 e. The molecule has 2 aromatic rings. The van der Waals surface area contributed by atoms with Crippen LogP contribution < -0.4 is 10.6 Å². The van der Waals surface area contributed by atoms with E-state index in [2.05, 4.69) is 0 Å². The molecule has 0 atom stereocenters. The summed E-state index contributed by atoms with van der Waals surface area (Å²) in [7, 11) is 0. The zero-order chi connectivity index (χ0) is 15.4. The summed E-state index contributed by atoms with van der Waals surface area (Å²) in [5.41, 5.74) is 7.78. The Morgan fingerprint density at radius 3 is 2.57 bits per heavy atom. The average molecular weight is 304 g/mol. The van der Waals surface area contributed by atoms with Crippen molar-refractivity contribution in [1.29, 1.82) is 0 Å². The number of aryl methyl sites for hydroxylation is 1. The van der Waals surface area contributed by atoms with Crippen LogP contribution in [0.5, 0.6) is 0 Å². The zero-order valence-corrected chi connectivity index (χ0v) is 12.4. The Bertz CT molecular complexity index is 666. The molecule has 1 heterocycles. The Morgan fingerprint density at radius 1 is 1.29 bits per heavy atom. The van der Waals surface area contributed by atoms with Crippen LogP contribution in [-0.2, 0) is 4.79 Å². The Balaban J connectivity index is 2.37. The number of nitrogen functional groups attached to an aromatic ring is 1. The van der Waals surface area contributed by atoms with Gasteiger partial charge in [-0.1, -0.05) is 12.1 Å². The lowest BCUT2D eigenvalue weighted by atomic mass is 10.2. The van der Waals surface area contributed by atoms with E-state index < -0.39 is 5.97 Å². The first-order valence-electron chi connectivity index (χ1n) is 6.43. The SMILES string of the molecule is Cc1ccsc1C(=O)N(CCC(=O)O)c1ccccc1N. The molecule has 0 saturated heterocycles. The normalized spacial score (nSPS) is 10.3. The Hall–Kier alpha value is -2.34. The molecule has 0 aliphatic rings. The number of carbonyl (C=O) groups excluding carboxylic acids is 1. The summed E-state index contributed by atoms with van der Waals surface area (Å²) in [6.07, 6.45) is -0.134. The number of carboxylic acid groups (broad SMARTS) is 1. The standard InChI is InChI=1S/C15H16N2O3S/c1-10-7-9-21-14(10)15(20)17(8-6-13(18)19)12-5-3-2-4-11(12)16/h2-5,7,9H,6,8,16H2,1H3,(H,18,19).